The molecule has 3 heterocycles. The Kier molecular flexibility index (Phi) is 8.17. The fourth-order valence-corrected chi connectivity index (χ4v) is 5.85. The summed E-state index contributed by atoms with van der Waals surface area (Å²) in [5.41, 5.74) is 4.00. The highest BCUT2D eigenvalue weighted by atomic mass is 32.1. The number of carbonyl (C=O) groups is 2. The van der Waals surface area contributed by atoms with Crippen molar-refractivity contribution in [3.63, 3.8) is 0 Å². The van der Waals surface area contributed by atoms with Crippen molar-refractivity contribution in [1.82, 2.24) is 9.80 Å². The summed E-state index contributed by atoms with van der Waals surface area (Å²) in [4.78, 5) is 32.1. The molecule has 7 heteroatoms. The van der Waals surface area contributed by atoms with E-state index in [2.05, 4.69) is 37.4 Å². The number of ether oxygens (including phenoxy) is 1. The van der Waals surface area contributed by atoms with Crippen molar-refractivity contribution in [3.8, 4) is 5.75 Å². The van der Waals surface area contributed by atoms with Gasteiger partial charge >= 0.3 is 0 Å². The van der Waals surface area contributed by atoms with Gasteiger partial charge in [0.05, 0.1) is 18.8 Å². The molecule has 0 unspecified atom stereocenters. The quantitative estimate of drug-likeness (QED) is 0.238. The standard InChI is InChI=1S/C32H34N2O4S/c1-22(2)24-10-12-26(13-11-24)38-21-29-28-15-18-39-30(28)14-16-34(29)31(35)20-33(19-27-5-4-17-37-27)32(36)25-8-6-23(3)7-9-25/h4-13,15,17-18,22,29H,14,16,19-21H2,1-3H3/t29-/m1/s1. The Balaban J connectivity index is 1.35. The minimum absolute atomic E-state index is 0.0491. The van der Waals surface area contributed by atoms with E-state index in [1.807, 2.05) is 42.2 Å². The van der Waals surface area contributed by atoms with Gasteiger partial charge in [0.1, 0.15) is 24.7 Å². The second-order valence-corrected chi connectivity index (χ2v) is 11.3. The average Bonchev–Trinajstić information content (AvgIpc) is 3.64. The summed E-state index contributed by atoms with van der Waals surface area (Å²) >= 11 is 1.72. The second-order valence-electron chi connectivity index (χ2n) is 10.3. The molecule has 0 N–H and O–H groups in total. The molecule has 1 atom stereocenters. The predicted octanol–water partition coefficient (Wildman–Crippen LogP) is 6.62. The van der Waals surface area contributed by atoms with Crippen LogP contribution in [0.25, 0.3) is 0 Å². The van der Waals surface area contributed by atoms with Crippen molar-refractivity contribution >= 4 is 23.2 Å². The first-order valence-electron chi connectivity index (χ1n) is 13.4. The molecule has 0 fully saturated rings. The number of carbonyl (C=O) groups excluding carboxylic acids is 2. The highest BCUT2D eigenvalue weighted by molar-refractivity contribution is 7.10. The molecule has 0 saturated carbocycles. The van der Waals surface area contributed by atoms with E-state index in [1.165, 1.54) is 10.4 Å². The number of benzene rings is 2. The van der Waals surface area contributed by atoms with Gasteiger partial charge in [0.2, 0.25) is 5.91 Å². The lowest BCUT2D eigenvalue weighted by molar-refractivity contribution is -0.135. The Hall–Kier alpha value is -3.84. The minimum atomic E-state index is -0.225. The molecule has 5 rings (SSSR count). The lowest BCUT2D eigenvalue weighted by atomic mass is 10.00. The number of fused-ring (bicyclic) bond motifs is 1. The second kappa shape index (κ2) is 11.9. The van der Waals surface area contributed by atoms with Crippen molar-refractivity contribution in [3.05, 3.63) is 111 Å². The molecule has 202 valence electrons. The van der Waals surface area contributed by atoms with Crippen LogP contribution in [0.1, 0.15) is 63.5 Å². The van der Waals surface area contributed by atoms with Crippen LogP contribution in [0, 0.1) is 6.92 Å². The van der Waals surface area contributed by atoms with Gasteiger partial charge in [0, 0.05) is 17.0 Å². The van der Waals surface area contributed by atoms with Gasteiger partial charge < -0.3 is 19.0 Å². The van der Waals surface area contributed by atoms with E-state index >= 15 is 0 Å². The first kappa shape index (κ1) is 26.8. The van der Waals surface area contributed by atoms with Crippen molar-refractivity contribution in [2.75, 3.05) is 19.7 Å². The van der Waals surface area contributed by atoms with Crippen LogP contribution in [0.2, 0.25) is 0 Å². The lowest BCUT2D eigenvalue weighted by Crippen LogP contribution is -2.47. The van der Waals surface area contributed by atoms with Gasteiger partial charge in [0.15, 0.2) is 0 Å². The molecule has 4 aromatic rings. The van der Waals surface area contributed by atoms with Crippen LogP contribution in [0.5, 0.6) is 5.75 Å². The number of furan rings is 1. The first-order valence-corrected chi connectivity index (χ1v) is 14.2. The van der Waals surface area contributed by atoms with Gasteiger partial charge in [0.25, 0.3) is 5.91 Å². The summed E-state index contributed by atoms with van der Waals surface area (Å²) < 4.78 is 11.7. The van der Waals surface area contributed by atoms with Crippen molar-refractivity contribution in [2.45, 2.75) is 45.7 Å². The Morgan fingerprint density at radius 2 is 1.85 bits per heavy atom. The summed E-state index contributed by atoms with van der Waals surface area (Å²) in [6, 6.07) is 21.0. The number of hydrogen-bond acceptors (Lipinski definition) is 5. The van der Waals surface area contributed by atoms with E-state index in [-0.39, 0.29) is 30.9 Å². The third-order valence-electron chi connectivity index (χ3n) is 7.21. The number of amides is 2. The van der Waals surface area contributed by atoms with Crippen LogP contribution >= 0.6 is 11.3 Å². The SMILES string of the molecule is Cc1ccc(C(=O)N(CC(=O)N2CCc3sccc3[C@H]2COc2ccc(C(C)C)cc2)Cc2ccco2)cc1. The highest BCUT2D eigenvalue weighted by Gasteiger charge is 2.34. The number of nitrogens with zero attached hydrogens (tertiary/aromatic N) is 2. The Bertz CT molecular complexity index is 1390. The molecule has 0 bridgehead atoms. The largest absolute Gasteiger partial charge is 0.491 e. The Morgan fingerprint density at radius 1 is 1.08 bits per heavy atom. The molecule has 1 aliphatic rings. The molecule has 6 nitrogen and oxygen atoms in total. The summed E-state index contributed by atoms with van der Waals surface area (Å²) in [6.07, 6.45) is 2.37. The summed E-state index contributed by atoms with van der Waals surface area (Å²) in [5.74, 6) is 1.55. The molecule has 0 saturated heterocycles. The maximum absolute atomic E-state index is 13.8. The number of aryl methyl sites for hydroxylation is 1. The number of hydrogen-bond donors (Lipinski definition) is 0. The number of rotatable bonds is 9. The van der Waals surface area contributed by atoms with Crippen LogP contribution in [0.15, 0.2) is 82.8 Å². The van der Waals surface area contributed by atoms with Crippen molar-refractivity contribution < 1.29 is 18.7 Å². The maximum Gasteiger partial charge on any atom is 0.254 e. The van der Waals surface area contributed by atoms with Gasteiger partial charge in [-0.3, -0.25) is 9.59 Å². The van der Waals surface area contributed by atoms with Gasteiger partial charge in [-0.1, -0.05) is 43.7 Å². The van der Waals surface area contributed by atoms with Crippen LogP contribution in [-0.2, 0) is 17.8 Å². The summed E-state index contributed by atoms with van der Waals surface area (Å²) in [5, 5.41) is 2.08. The smallest absolute Gasteiger partial charge is 0.254 e. The first-order chi connectivity index (χ1) is 18.9. The highest BCUT2D eigenvalue weighted by Crippen LogP contribution is 2.34. The zero-order chi connectivity index (χ0) is 27.4. The van der Waals surface area contributed by atoms with Gasteiger partial charge in [-0.25, -0.2) is 0 Å². The van der Waals surface area contributed by atoms with Crippen molar-refractivity contribution in [2.24, 2.45) is 0 Å². The molecule has 0 spiro atoms. The van der Waals surface area contributed by atoms with Gasteiger partial charge in [-0.2, -0.15) is 0 Å². The topological polar surface area (TPSA) is 63.0 Å². The van der Waals surface area contributed by atoms with E-state index < -0.39 is 0 Å². The predicted molar refractivity (Wildman–Crippen MR) is 153 cm³/mol. The monoisotopic (exact) mass is 542 g/mol. The normalized spacial score (nSPS) is 14.8. The zero-order valence-electron chi connectivity index (χ0n) is 22.6. The summed E-state index contributed by atoms with van der Waals surface area (Å²) in [7, 11) is 0. The van der Waals surface area contributed by atoms with E-state index in [0.29, 0.717) is 30.4 Å². The summed E-state index contributed by atoms with van der Waals surface area (Å²) in [6.45, 7) is 7.41. The zero-order valence-corrected chi connectivity index (χ0v) is 23.4. The van der Waals surface area contributed by atoms with Crippen LogP contribution in [0.3, 0.4) is 0 Å². The molecule has 1 aliphatic heterocycles. The van der Waals surface area contributed by atoms with Crippen molar-refractivity contribution in [1.29, 1.82) is 0 Å². The van der Waals surface area contributed by atoms with E-state index in [4.69, 9.17) is 9.15 Å². The average molecular weight is 543 g/mol. The molecule has 2 aromatic heterocycles. The third kappa shape index (κ3) is 6.25. The molecule has 0 radical (unpaired) electrons. The molecule has 2 aromatic carbocycles. The molecular weight excluding hydrogens is 508 g/mol. The molecular formula is C32H34N2O4S. The Labute approximate surface area is 233 Å². The fraction of sp³-hybridized carbons (Fsp3) is 0.312. The fourth-order valence-electron chi connectivity index (χ4n) is 4.92. The third-order valence-corrected chi connectivity index (χ3v) is 8.21. The minimum Gasteiger partial charge on any atom is -0.491 e. The Morgan fingerprint density at radius 3 is 2.54 bits per heavy atom. The van der Waals surface area contributed by atoms with Gasteiger partial charge in [-0.05, 0) is 78.2 Å². The van der Waals surface area contributed by atoms with Crippen LogP contribution in [0.4, 0.5) is 0 Å². The van der Waals surface area contributed by atoms with E-state index in [0.717, 1.165) is 23.3 Å². The maximum atomic E-state index is 13.8. The molecule has 2 amide bonds. The van der Waals surface area contributed by atoms with Crippen LogP contribution in [-0.4, -0.2) is 41.3 Å². The van der Waals surface area contributed by atoms with Crippen LogP contribution < -0.4 is 4.74 Å². The number of thiophene rings is 1. The van der Waals surface area contributed by atoms with E-state index in [9.17, 15) is 9.59 Å². The lowest BCUT2D eigenvalue weighted by Gasteiger charge is -2.37. The van der Waals surface area contributed by atoms with Gasteiger partial charge in [-0.15, -0.1) is 11.3 Å². The van der Waals surface area contributed by atoms with E-state index in [1.54, 1.807) is 40.7 Å². The molecule has 0 aliphatic carbocycles. The molecule has 39 heavy (non-hydrogen) atoms.